The van der Waals surface area contributed by atoms with E-state index in [9.17, 15) is 14.0 Å². The summed E-state index contributed by atoms with van der Waals surface area (Å²) in [5, 5.41) is 2.66. The molecule has 2 amide bonds. The van der Waals surface area contributed by atoms with Gasteiger partial charge in [0.15, 0.2) is 0 Å². The maximum Gasteiger partial charge on any atom is 0.410 e. The highest BCUT2D eigenvalue weighted by molar-refractivity contribution is 5.96. The third kappa shape index (κ3) is 3.66. The topological polar surface area (TPSA) is 71.5 Å². The van der Waals surface area contributed by atoms with E-state index < -0.39 is 23.6 Å². The number of carbonyl (C=O) groups is 2. The van der Waals surface area contributed by atoms with Crippen molar-refractivity contribution in [3.05, 3.63) is 24.1 Å². The Labute approximate surface area is 140 Å². The number of hydrogen-bond donors (Lipinski definition) is 1. The van der Waals surface area contributed by atoms with Crippen molar-refractivity contribution in [1.29, 1.82) is 0 Å². The first-order chi connectivity index (χ1) is 11.2. The quantitative estimate of drug-likeness (QED) is 0.902. The van der Waals surface area contributed by atoms with Gasteiger partial charge in [-0.05, 0) is 57.6 Å². The van der Waals surface area contributed by atoms with E-state index in [-0.39, 0.29) is 17.1 Å². The number of rotatable bonds is 2. The largest absolute Gasteiger partial charge is 0.444 e. The van der Waals surface area contributed by atoms with E-state index in [1.165, 1.54) is 17.0 Å². The molecule has 130 valence electrons. The van der Waals surface area contributed by atoms with Crippen LogP contribution in [0.3, 0.4) is 0 Å². The molecule has 1 saturated heterocycles. The van der Waals surface area contributed by atoms with Crippen LogP contribution < -0.4 is 5.32 Å². The molecule has 1 aliphatic carbocycles. The van der Waals surface area contributed by atoms with Crippen LogP contribution in [0.25, 0.3) is 0 Å². The lowest BCUT2D eigenvalue weighted by Crippen LogP contribution is -2.45. The molecule has 24 heavy (non-hydrogen) atoms. The number of aromatic nitrogens is 1. The third-order valence-corrected chi connectivity index (χ3v) is 4.37. The zero-order valence-electron chi connectivity index (χ0n) is 14.1. The van der Waals surface area contributed by atoms with Crippen LogP contribution in [0.2, 0.25) is 0 Å². The first kappa shape index (κ1) is 16.7. The van der Waals surface area contributed by atoms with Gasteiger partial charge in [-0.15, -0.1) is 0 Å². The van der Waals surface area contributed by atoms with Crippen LogP contribution in [0.1, 0.15) is 40.0 Å². The first-order valence-electron chi connectivity index (χ1n) is 8.10. The molecular weight excluding hydrogens is 313 g/mol. The van der Waals surface area contributed by atoms with Gasteiger partial charge in [-0.25, -0.2) is 14.2 Å². The minimum Gasteiger partial charge on any atom is -0.444 e. The van der Waals surface area contributed by atoms with Crippen LogP contribution in [-0.4, -0.2) is 40.1 Å². The average Bonchev–Trinajstić information content (AvgIpc) is 3.10. The highest BCUT2D eigenvalue weighted by Crippen LogP contribution is 2.55. The van der Waals surface area contributed by atoms with Crippen LogP contribution in [-0.2, 0) is 9.53 Å². The molecule has 7 heteroatoms. The summed E-state index contributed by atoms with van der Waals surface area (Å²) < 4.78 is 18.3. The zero-order valence-corrected chi connectivity index (χ0v) is 14.1. The zero-order chi connectivity index (χ0) is 17.5. The molecule has 0 aromatic carbocycles. The van der Waals surface area contributed by atoms with Crippen molar-refractivity contribution in [3.63, 3.8) is 0 Å². The summed E-state index contributed by atoms with van der Waals surface area (Å²) in [6.45, 7) is 5.93. The Morgan fingerprint density at radius 2 is 2.08 bits per heavy atom. The van der Waals surface area contributed by atoms with Gasteiger partial charge in [-0.3, -0.25) is 9.69 Å². The van der Waals surface area contributed by atoms with Crippen molar-refractivity contribution in [1.82, 2.24) is 9.88 Å². The molecule has 6 nitrogen and oxygen atoms in total. The summed E-state index contributed by atoms with van der Waals surface area (Å²) in [7, 11) is 0. The molecule has 1 aromatic rings. The van der Waals surface area contributed by atoms with Gasteiger partial charge in [0.1, 0.15) is 23.3 Å². The van der Waals surface area contributed by atoms with Crippen LogP contribution in [0.5, 0.6) is 0 Å². The maximum atomic E-state index is 12.9. The van der Waals surface area contributed by atoms with Gasteiger partial charge in [-0.1, -0.05) is 0 Å². The van der Waals surface area contributed by atoms with Gasteiger partial charge in [0.2, 0.25) is 5.91 Å². The second-order valence-electron chi connectivity index (χ2n) is 7.68. The smallest absolute Gasteiger partial charge is 0.410 e. The summed E-state index contributed by atoms with van der Waals surface area (Å²) in [6.07, 6.45) is 3.23. The number of pyridine rings is 1. The molecule has 1 N–H and O–H groups in total. The fraction of sp³-hybridized carbons (Fsp3) is 0.588. The Morgan fingerprint density at radius 3 is 2.62 bits per heavy atom. The summed E-state index contributed by atoms with van der Waals surface area (Å²) in [5.41, 5.74) is -0.564. The van der Waals surface area contributed by atoms with Gasteiger partial charge in [0.25, 0.3) is 0 Å². The minimum absolute atomic E-state index is 0.0507. The molecule has 0 unspecified atom stereocenters. The van der Waals surface area contributed by atoms with E-state index in [4.69, 9.17) is 4.74 Å². The normalized spacial score (nSPS) is 21.7. The number of ether oxygens (including phenoxy) is 1. The van der Waals surface area contributed by atoms with E-state index in [1.807, 2.05) is 0 Å². The molecule has 1 saturated carbocycles. The lowest BCUT2D eigenvalue weighted by atomic mass is 10.0. The molecule has 1 atom stereocenters. The highest BCUT2D eigenvalue weighted by atomic mass is 19.1. The number of nitrogens with zero attached hydrogens (tertiary/aromatic N) is 2. The summed E-state index contributed by atoms with van der Waals surface area (Å²) in [4.78, 5) is 30.4. The number of likely N-dealkylation sites (tertiary alicyclic amines) is 1. The van der Waals surface area contributed by atoms with E-state index >= 15 is 0 Å². The molecule has 3 rings (SSSR count). The standard InChI is InChI=1S/C17H22FN3O3/c1-16(2,3)24-15(23)21-10-17(6-7-17)8-12(21)14(22)20-13-5-4-11(18)9-19-13/h4-5,9,12H,6-8,10H2,1-3H3,(H,19,20,22)/t12-/m0/s1. The predicted octanol–water partition coefficient (Wildman–Crippen LogP) is 2.95. The number of anilines is 1. The van der Waals surface area contributed by atoms with Crippen molar-refractivity contribution >= 4 is 17.8 Å². The Balaban J connectivity index is 1.72. The highest BCUT2D eigenvalue weighted by Gasteiger charge is 2.56. The molecule has 0 radical (unpaired) electrons. The lowest BCUT2D eigenvalue weighted by Gasteiger charge is -2.28. The Morgan fingerprint density at radius 1 is 1.38 bits per heavy atom. The molecular formula is C17H22FN3O3. The fourth-order valence-corrected chi connectivity index (χ4v) is 3.00. The molecule has 2 aliphatic rings. The van der Waals surface area contributed by atoms with E-state index in [1.54, 1.807) is 20.8 Å². The third-order valence-electron chi connectivity index (χ3n) is 4.37. The van der Waals surface area contributed by atoms with Crippen molar-refractivity contribution in [2.75, 3.05) is 11.9 Å². The van der Waals surface area contributed by atoms with Crippen molar-refractivity contribution < 1.29 is 18.7 Å². The molecule has 1 aromatic heterocycles. The van der Waals surface area contributed by atoms with Crippen LogP contribution in [0, 0.1) is 11.2 Å². The molecule has 0 bridgehead atoms. The Kier molecular flexibility index (Phi) is 3.97. The maximum absolute atomic E-state index is 12.9. The van der Waals surface area contributed by atoms with Crippen LogP contribution >= 0.6 is 0 Å². The summed E-state index contributed by atoms with van der Waals surface area (Å²) in [5.74, 6) is -0.521. The van der Waals surface area contributed by atoms with Crippen LogP contribution in [0.15, 0.2) is 18.3 Å². The number of amides is 2. The summed E-state index contributed by atoms with van der Waals surface area (Å²) in [6, 6.07) is 2.03. The number of carbonyl (C=O) groups excluding carboxylic acids is 2. The van der Waals surface area contributed by atoms with Crippen molar-refractivity contribution in [2.45, 2.75) is 51.7 Å². The van der Waals surface area contributed by atoms with Gasteiger partial charge in [-0.2, -0.15) is 0 Å². The van der Waals surface area contributed by atoms with E-state index in [2.05, 4.69) is 10.3 Å². The average molecular weight is 335 g/mol. The second kappa shape index (κ2) is 5.72. The van der Waals surface area contributed by atoms with Gasteiger partial charge < -0.3 is 10.1 Å². The molecule has 2 heterocycles. The number of nitrogens with one attached hydrogen (secondary N) is 1. The van der Waals surface area contributed by atoms with Crippen LogP contribution in [0.4, 0.5) is 15.0 Å². The minimum atomic E-state index is -0.615. The number of hydrogen-bond acceptors (Lipinski definition) is 4. The Bertz CT molecular complexity index is 650. The van der Waals surface area contributed by atoms with Gasteiger partial charge >= 0.3 is 6.09 Å². The van der Waals surface area contributed by atoms with Gasteiger partial charge in [0, 0.05) is 6.54 Å². The monoisotopic (exact) mass is 335 g/mol. The second-order valence-corrected chi connectivity index (χ2v) is 7.68. The Hall–Kier alpha value is -2.18. The lowest BCUT2D eigenvalue weighted by molar-refractivity contribution is -0.120. The van der Waals surface area contributed by atoms with E-state index in [0.29, 0.717) is 13.0 Å². The van der Waals surface area contributed by atoms with E-state index in [0.717, 1.165) is 19.0 Å². The molecule has 2 fully saturated rings. The number of halogens is 1. The summed E-state index contributed by atoms with van der Waals surface area (Å²) >= 11 is 0. The van der Waals surface area contributed by atoms with Crippen molar-refractivity contribution in [2.24, 2.45) is 5.41 Å². The molecule has 1 spiro atoms. The first-order valence-corrected chi connectivity index (χ1v) is 8.10. The SMILES string of the molecule is CC(C)(C)OC(=O)N1CC2(CC2)C[C@H]1C(=O)Nc1ccc(F)cn1. The van der Waals surface area contributed by atoms with Crippen molar-refractivity contribution in [3.8, 4) is 0 Å². The predicted molar refractivity (Wildman–Crippen MR) is 85.8 cm³/mol. The fourth-order valence-electron chi connectivity index (χ4n) is 3.00. The molecule has 1 aliphatic heterocycles. The van der Waals surface area contributed by atoms with Gasteiger partial charge in [0.05, 0.1) is 6.20 Å².